The van der Waals surface area contributed by atoms with Crippen LogP contribution in [0.15, 0.2) is 66.7 Å². The lowest BCUT2D eigenvalue weighted by Crippen LogP contribution is -2.53. The lowest BCUT2D eigenvalue weighted by Gasteiger charge is -2.32. The van der Waals surface area contributed by atoms with E-state index >= 15 is 0 Å². The summed E-state index contributed by atoms with van der Waals surface area (Å²) in [5.74, 6) is -0.940. The molecule has 0 radical (unpaired) electrons. The second kappa shape index (κ2) is 10.5. The van der Waals surface area contributed by atoms with E-state index in [0.29, 0.717) is 46.9 Å². The number of amides is 3. The van der Waals surface area contributed by atoms with Crippen LogP contribution in [0.4, 0.5) is 26.2 Å². The van der Waals surface area contributed by atoms with Gasteiger partial charge in [0.2, 0.25) is 15.9 Å². The van der Waals surface area contributed by atoms with Crippen LogP contribution in [0.25, 0.3) is 11.1 Å². The second-order valence-electron chi connectivity index (χ2n) is 8.37. The number of anilines is 3. The van der Waals surface area contributed by atoms with Crippen molar-refractivity contribution in [3.05, 3.63) is 77.6 Å². The van der Waals surface area contributed by atoms with E-state index in [4.69, 9.17) is 11.6 Å². The number of urea groups is 1. The molecule has 3 aromatic carbocycles. The Kier molecular flexibility index (Phi) is 7.46. The van der Waals surface area contributed by atoms with E-state index in [-0.39, 0.29) is 11.6 Å². The first kappa shape index (κ1) is 25.5. The molecule has 0 bridgehead atoms. The zero-order valence-corrected chi connectivity index (χ0v) is 20.9. The molecule has 11 heteroatoms. The van der Waals surface area contributed by atoms with Crippen molar-refractivity contribution < 1.29 is 22.4 Å². The fourth-order valence-corrected chi connectivity index (χ4v) is 4.70. The normalized spacial score (nSPS) is 15.9. The lowest BCUT2D eigenvalue weighted by molar-refractivity contribution is -0.121. The molecule has 1 fully saturated rings. The number of hydrogen-bond acceptors (Lipinski definition) is 4. The minimum Gasteiger partial charge on any atom is -0.326 e. The molecule has 0 spiro atoms. The number of rotatable bonds is 6. The maximum atomic E-state index is 14.4. The van der Waals surface area contributed by atoms with Crippen molar-refractivity contribution in [1.82, 2.24) is 5.32 Å². The molecule has 1 saturated heterocycles. The highest BCUT2D eigenvalue weighted by Gasteiger charge is 2.31. The monoisotopic (exact) mass is 530 g/mol. The van der Waals surface area contributed by atoms with E-state index in [1.54, 1.807) is 59.5 Å². The predicted octanol–water partition coefficient (Wildman–Crippen LogP) is 4.83. The van der Waals surface area contributed by atoms with Gasteiger partial charge in [0.25, 0.3) is 0 Å². The molecule has 3 amide bonds. The summed E-state index contributed by atoms with van der Waals surface area (Å²) in [5, 5.41) is 5.95. The van der Waals surface area contributed by atoms with Crippen LogP contribution in [-0.4, -0.2) is 39.2 Å². The number of piperidine rings is 1. The van der Waals surface area contributed by atoms with Crippen LogP contribution in [0.5, 0.6) is 0 Å². The standard InChI is InChI=1S/C25H24ClFN4O4S/c1-36(34,35)30-23-20(4-2-5-21(23)27)16-7-13-19(14-8-16)31-15-3-6-22(24(31)32)29-25(33)28-18-11-9-17(26)10-12-18/h2,4-5,7-14,22,30H,3,6,15H2,1H3,(H2,28,29,33)/t22-/m1/s1. The van der Waals surface area contributed by atoms with Crippen LogP contribution >= 0.6 is 11.6 Å². The molecular formula is C25H24ClFN4O4S. The first-order chi connectivity index (χ1) is 17.1. The van der Waals surface area contributed by atoms with Crippen molar-refractivity contribution in [2.45, 2.75) is 18.9 Å². The molecule has 36 heavy (non-hydrogen) atoms. The number of nitrogens with one attached hydrogen (secondary N) is 3. The molecule has 0 aliphatic carbocycles. The highest BCUT2D eigenvalue weighted by Crippen LogP contribution is 2.33. The average Bonchev–Trinajstić information content (AvgIpc) is 2.83. The molecule has 0 unspecified atom stereocenters. The van der Waals surface area contributed by atoms with Crippen molar-refractivity contribution in [2.75, 3.05) is 27.7 Å². The molecule has 1 heterocycles. The highest BCUT2D eigenvalue weighted by atomic mass is 35.5. The molecule has 8 nitrogen and oxygen atoms in total. The van der Waals surface area contributed by atoms with Crippen molar-refractivity contribution in [3.8, 4) is 11.1 Å². The molecular weight excluding hydrogens is 507 g/mol. The van der Waals surface area contributed by atoms with Crippen molar-refractivity contribution >= 4 is 50.6 Å². The van der Waals surface area contributed by atoms with Gasteiger partial charge in [0, 0.05) is 28.5 Å². The Morgan fingerprint density at radius 1 is 1.06 bits per heavy atom. The van der Waals surface area contributed by atoms with Crippen molar-refractivity contribution in [3.63, 3.8) is 0 Å². The van der Waals surface area contributed by atoms with Crippen LogP contribution in [0.1, 0.15) is 12.8 Å². The van der Waals surface area contributed by atoms with E-state index in [2.05, 4.69) is 15.4 Å². The fourth-order valence-electron chi connectivity index (χ4n) is 4.00. The minimum atomic E-state index is -3.69. The number of carbonyl (C=O) groups is 2. The van der Waals surface area contributed by atoms with Gasteiger partial charge in [-0.25, -0.2) is 17.6 Å². The quantitative estimate of drug-likeness (QED) is 0.424. The number of benzene rings is 3. The Bertz CT molecular complexity index is 1380. The maximum Gasteiger partial charge on any atom is 0.319 e. The van der Waals surface area contributed by atoms with Gasteiger partial charge < -0.3 is 15.5 Å². The Morgan fingerprint density at radius 3 is 2.42 bits per heavy atom. The van der Waals surface area contributed by atoms with Crippen LogP contribution < -0.4 is 20.3 Å². The first-order valence-electron chi connectivity index (χ1n) is 11.1. The summed E-state index contributed by atoms with van der Waals surface area (Å²) in [6, 6.07) is 16.5. The number of halogens is 2. The summed E-state index contributed by atoms with van der Waals surface area (Å²) in [6.45, 7) is 0.482. The van der Waals surface area contributed by atoms with E-state index in [9.17, 15) is 22.4 Å². The third kappa shape index (κ3) is 6.13. The SMILES string of the molecule is CS(=O)(=O)Nc1c(F)cccc1-c1ccc(N2CCC[C@@H](NC(=O)Nc3ccc(Cl)cc3)C2=O)cc1. The Balaban J connectivity index is 1.48. The van der Waals surface area contributed by atoms with E-state index < -0.39 is 27.9 Å². The topological polar surface area (TPSA) is 108 Å². The Morgan fingerprint density at radius 2 is 1.75 bits per heavy atom. The summed E-state index contributed by atoms with van der Waals surface area (Å²) >= 11 is 5.86. The average molecular weight is 531 g/mol. The summed E-state index contributed by atoms with van der Waals surface area (Å²) < 4.78 is 40.0. The molecule has 3 N–H and O–H groups in total. The molecule has 1 atom stereocenters. The maximum absolute atomic E-state index is 14.4. The van der Waals surface area contributed by atoms with Gasteiger partial charge in [-0.05, 0) is 60.9 Å². The van der Waals surface area contributed by atoms with Gasteiger partial charge in [0.1, 0.15) is 11.9 Å². The second-order valence-corrected chi connectivity index (χ2v) is 10.6. The largest absolute Gasteiger partial charge is 0.326 e. The van der Waals surface area contributed by atoms with Gasteiger partial charge in [-0.2, -0.15) is 0 Å². The molecule has 3 aromatic rings. The third-order valence-electron chi connectivity index (χ3n) is 5.64. The van der Waals surface area contributed by atoms with Crippen LogP contribution in [0.2, 0.25) is 5.02 Å². The molecule has 1 aliphatic heterocycles. The first-order valence-corrected chi connectivity index (χ1v) is 13.4. The van der Waals surface area contributed by atoms with E-state index in [0.717, 1.165) is 6.26 Å². The molecule has 1 aliphatic rings. The zero-order chi connectivity index (χ0) is 25.9. The summed E-state index contributed by atoms with van der Waals surface area (Å²) in [4.78, 5) is 27.1. The zero-order valence-electron chi connectivity index (χ0n) is 19.3. The molecule has 188 valence electrons. The van der Waals surface area contributed by atoms with Crippen LogP contribution in [0.3, 0.4) is 0 Å². The van der Waals surface area contributed by atoms with Gasteiger partial charge in [-0.1, -0.05) is 35.9 Å². The molecule has 0 aromatic heterocycles. The summed E-state index contributed by atoms with van der Waals surface area (Å²) in [6.07, 6.45) is 2.14. The summed E-state index contributed by atoms with van der Waals surface area (Å²) in [7, 11) is -3.69. The number of para-hydroxylation sites is 1. The third-order valence-corrected chi connectivity index (χ3v) is 6.46. The van der Waals surface area contributed by atoms with Crippen LogP contribution in [-0.2, 0) is 14.8 Å². The lowest BCUT2D eigenvalue weighted by atomic mass is 10.0. The Labute approximate surface area is 213 Å². The van der Waals surface area contributed by atoms with Gasteiger partial charge in [0.15, 0.2) is 0 Å². The van der Waals surface area contributed by atoms with Crippen molar-refractivity contribution in [2.24, 2.45) is 0 Å². The number of sulfonamides is 1. The van der Waals surface area contributed by atoms with Gasteiger partial charge >= 0.3 is 6.03 Å². The van der Waals surface area contributed by atoms with Gasteiger partial charge in [0.05, 0.1) is 11.9 Å². The fraction of sp³-hybridized carbons (Fsp3) is 0.200. The minimum absolute atomic E-state index is 0.141. The van der Waals surface area contributed by atoms with E-state index in [1.165, 1.54) is 12.1 Å². The van der Waals surface area contributed by atoms with E-state index in [1.807, 2.05) is 0 Å². The smallest absolute Gasteiger partial charge is 0.319 e. The number of carbonyl (C=O) groups excluding carboxylic acids is 2. The Hall–Kier alpha value is -3.63. The molecule has 0 saturated carbocycles. The van der Waals surface area contributed by atoms with Crippen LogP contribution in [0, 0.1) is 5.82 Å². The van der Waals surface area contributed by atoms with Crippen molar-refractivity contribution in [1.29, 1.82) is 0 Å². The summed E-state index contributed by atoms with van der Waals surface area (Å²) in [5.41, 5.74) is 1.97. The predicted molar refractivity (Wildman–Crippen MR) is 139 cm³/mol. The van der Waals surface area contributed by atoms with Gasteiger partial charge in [-0.3, -0.25) is 9.52 Å². The number of nitrogens with zero attached hydrogens (tertiary/aromatic N) is 1. The molecule has 4 rings (SSSR count). The number of hydrogen-bond donors (Lipinski definition) is 3. The van der Waals surface area contributed by atoms with Gasteiger partial charge in [-0.15, -0.1) is 0 Å². The highest BCUT2D eigenvalue weighted by molar-refractivity contribution is 7.92.